The average molecular weight is 490 g/mol. The van der Waals surface area contributed by atoms with Gasteiger partial charge in [-0.25, -0.2) is 13.6 Å². The molecular formula is C24H33F2N5O2Si. The maximum atomic E-state index is 14.0. The molecule has 0 atom stereocenters. The summed E-state index contributed by atoms with van der Waals surface area (Å²) in [6, 6.07) is 5.40. The number of amides is 3. The molecule has 1 aliphatic heterocycles. The lowest BCUT2D eigenvalue weighted by Gasteiger charge is -2.48. The van der Waals surface area contributed by atoms with Crippen molar-refractivity contribution in [1.29, 1.82) is 0 Å². The number of nitrogens with zero attached hydrogens (tertiary/aromatic N) is 2. The van der Waals surface area contributed by atoms with Crippen LogP contribution in [-0.2, 0) is 22.8 Å². The number of carbonyl (C=O) groups is 2. The van der Waals surface area contributed by atoms with Crippen LogP contribution in [0.25, 0.3) is 0 Å². The number of urea groups is 1. The SMILES string of the molecule is CC(F)(F)c1ccccc1NC(=O)N1Cc2c(NC(=O)C3([Si](C)(C)C)CCC3)n[nH]c2C1(C)C. The number of para-hydroxylation sites is 1. The predicted molar refractivity (Wildman–Crippen MR) is 131 cm³/mol. The molecule has 2 heterocycles. The first kappa shape index (κ1) is 24.4. The van der Waals surface area contributed by atoms with Gasteiger partial charge in [0.2, 0.25) is 5.91 Å². The van der Waals surface area contributed by atoms with Gasteiger partial charge in [-0.3, -0.25) is 9.89 Å². The van der Waals surface area contributed by atoms with E-state index in [4.69, 9.17) is 0 Å². The number of halogens is 2. The topological polar surface area (TPSA) is 90.1 Å². The minimum atomic E-state index is -3.09. The molecule has 1 saturated carbocycles. The van der Waals surface area contributed by atoms with Gasteiger partial charge in [-0.05, 0) is 32.8 Å². The molecule has 0 spiro atoms. The van der Waals surface area contributed by atoms with Gasteiger partial charge < -0.3 is 15.5 Å². The van der Waals surface area contributed by atoms with Crippen molar-refractivity contribution < 1.29 is 18.4 Å². The molecule has 0 bridgehead atoms. The highest BCUT2D eigenvalue weighted by atomic mass is 28.3. The van der Waals surface area contributed by atoms with Gasteiger partial charge in [0.25, 0.3) is 5.92 Å². The summed E-state index contributed by atoms with van der Waals surface area (Å²) in [6.07, 6.45) is 2.83. The molecule has 2 aromatic rings. The molecule has 4 rings (SSSR count). The molecule has 7 nitrogen and oxygen atoms in total. The number of carbonyl (C=O) groups excluding carboxylic acids is 2. The van der Waals surface area contributed by atoms with Crippen LogP contribution in [-0.4, -0.2) is 35.1 Å². The molecule has 34 heavy (non-hydrogen) atoms. The number of H-pyrrole nitrogens is 1. The van der Waals surface area contributed by atoms with Crippen molar-refractivity contribution in [3.63, 3.8) is 0 Å². The van der Waals surface area contributed by atoms with E-state index in [2.05, 4.69) is 40.5 Å². The summed E-state index contributed by atoms with van der Waals surface area (Å²) < 4.78 is 28.1. The van der Waals surface area contributed by atoms with Gasteiger partial charge in [-0.2, -0.15) is 5.10 Å². The van der Waals surface area contributed by atoms with E-state index in [1.165, 1.54) is 18.2 Å². The Labute approximate surface area is 199 Å². The molecule has 3 amide bonds. The molecule has 1 aromatic heterocycles. The number of hydrogen-bond acceptors (Lipinski definition) is 3. The van der Waals surface area contributed by atoms with Gasteiger partial charge in [-0.15, -0.1) is 0 Å². The van der Waals surface area contributed by atoms with E-state index < -0.39 is 25.6 Å². The summed E-state index contributed by atoms with van der Waals surface area (Å²) in [5.41, 5.74) is 0.521. The first-order valence-corrected chi connectivity index (χ1v) is 15.1. The van der Waals surface area contributed by atoms with Crippen LogP contribution in [0.4, 0.5) is 25.1 Å². The molecule has 10 heteroatoms. The summed E-state index contributed by atoms with van der Waals surface area (Å²) in [5.74, 6) is -2.65. The number of fused-ring (bicyclic) bond motifs is 1. The van der Waals surface area contributed by atoms with Crippen molar-refractivity contribution in [1.82, 2.24) is 15.1 Å². The number of benzene rings is 1. The molecule has 1 aromatic carbocycles. The van der Waals surface area contributed by atoms with Crippen molar-refractivity contribution in [3.05, 3.63) is 41.1 Å². The molecule has 3 N–H and O–H groups in total. The quantitative estimate of drug-likeness (QED) is 0.450. The van der Waals surface area contributed by atoms with Gasteiger partial charge in [0.15, 0.2) is 5.82 Å². The lowest BCUT2D eigenvalue weighted by molar-refractivity contribution is -0.121. The molecule has 0 radical (unpaired) electrons. The van der Waals surface area contributed by atoms with Gasteiger partial charge in [0.05, 0.1) is 31.5 Å². The minimum absolute atomic E-state index is 0.00651. The maximum absolute atomic E-state index is 14.0. The molecular weight excluding hydrogens is 456 g/mol. The van der Waals surface area contributed by atoms with Crippen LogP contribution in [0.3, 0.4) is 0 Å². The second kappa shape index (κ2) is 7.89. The van der Waals surface area contributed by atoms with E-state index in [-0.39, 0.29) is 28.7 Å². The molecule has 0 unspecified atom stereocenters. The third-order valence-electron chi connectivity index (χ3n) is 7.67. The Balaban J connectivity index is 1.56. The monoisotopic (exact) mass is 489 g/mol. The van der Waals surface area contributed by atoms with Crippen molar-refractivity contribution >= 4 is 31.5 Å². The Morgan fingerprint density at radius 3 is 2.35 bits per heavy atom. The second-order valence-corrected chi connectivity index (χ2v) is 16.5. The number of alkyl halides is 2. The van der Waals surface area contributed by atoms with Crippen molar-refractivity contribution in [3.8, 4) is 0 Å². The zero-order chi connectivity index (χ0) is 25.1. The van der Waals surface area contributed by atoms with Crippen LogP contribution >= 0.6 is 0 Å². The number of aromatic nitrogens is 2. The lowest BCUT2D eigenvalue weighted by Crippen LogP contribution is -2.52. The first-order chi connectivity index (χ1) is 15.7. The third kappa shape index (κ3) is 3.81. The maximum Gasteiger partial charge on any atom is 0.322 e. The van der Waals surface area contributed by atoms with Crippen LogP contribution in [0.2, 0.25) is 24.7 Å². The van der Waals surface area contributed by atoms with E-state index in [1.807, 2.05) is 13.8 Å². The average Bonchev–Trinajstić information content (AvgIpc) is 3.17. The van der Waals surface area contributed by atoms with Crippen molar-refractivity contribution in [2.75, 3.05) is 10.6 Å². The number of rotatable bonds is 5. The van der Waals surface area contributed by atoms with Crippen molar-refractivity contribution in [2.45, 2.75) is 82.7 Å². The standard InChI is InChI=1S/C24H33F2N5O2Si/c1-22(2)18-15(19(30-29-18)28-20(32)24(12-9-13-24)34(4,5)6)14-31(22)21(33)27-17-11-8-7-10-16(17)23(3,25)26/h7-8,10-11H,9,12-14H2,1-6H3,(H,27,33)(H2,28,29,30,32). The van der Waals surface area contributed by atoms with Crippen LogP contribution in [0, 0.1) is 0 Å². The Morgan fingerprint density at radius 2 is 1.79 bits per heavy atom. The summed E-state index contributed by atoms with van der Waals surface area (Å²) in [7, 11) is -1.76. The molecule has 2 aliphatic rings. The number of nitrogens with one attached hydrogen (secondary N) is 3. The predicted octanol–water partition coefficient (Wildman–Crippen LogP) is 6.01. The second-order valence-electron chi connectivity index (χ2n) is 11.1. The number of aromatic amines is 1. The van der Waals surface area contributed by atoms with E-state index in [1.54, 1.807) is 11.0 Å². The molecule has 184 valence electrons. The first-order valence-electron chi connectivity index (χ1n) is 11.6. The Hall–Kier alpha value is -2.75. The Morgan fingerprint density at radius 1 is 1.15 bits per heavy atom. The molecule has 1 aliphatic carbocycles. The van der Waals surface area contributed by atoms with Crippen LogP contribution < -0.4 is 10.6 Å². The highest BCUT2D eigenvalue weighted by Gasteiger charge is 2.54. The van der Waals surface area contributed by atoms with Crippen molar-refractivity contribution in [2.24, 2.45) is 0 Å². The fourth-order valence-electron chi connectivity index (χ4n) is 5.18. The molecule has 1 fully saturated rings. The normalized spacial score (nSPS) is 18.8. The Bertz CT molecular complexity index is 1130. The third-order valence-corrected chi connectivity index (χ3v) is 11.3. The van der Waals surface area contributed by atoms with E-state index in [0.29, 0.717) is 5.82 Å². The summed E-state index contributed by atoms with van der Waals surface area (Å²) in [5, 5.41) is 12.7. The van der Waals surface area contributed by atoms with E-state index >= 15 is 0 Å². The summed E-state index contributed by atoms with van der Waals surface area (Å²) in [6.45, 7) is 11.4. The van der Waals surface area contributed by atoms with Crippen LogP contribution in [0.15, 0.2) is 24.3 Å². The van der Waals surface area contributed by atoms with Crippen LogP contribution in [0.1, 0.15) is 56.9 Å². The highest BCUT2D eigenvalue weighted by Crippen LogP contribution is 2.56. The summed E-state index contributed by atoms with van der Waals surface area (Å²) in [4.78, 5) is 28.1. The number of anilines is 2. The lowest BCUT2D eigenvalue weighted by atomic mass is 9.83. The summed E-state index contributed by atoms with van der Waals surface area (Å²) >= 11 is 0. The van der Waals surface area contributed by atoms with Gasteiger partial charge in [0.1, 0.15) is 0 Å². The number of hydrogen-bond donors (Lipinski definition) is 3. The fourth-order valence-corrected chi connectivity index (χ4v) is 7.77. The smallest absolute Gasteiger partial charge is 0.309 e. The zero-order valence-corrected chi connectivity index (χ0v) is 21.6. The fraction of sp³-hybridized carbons (Fsp3) is 0.542. The van der Waals surface area contributed by atoms with Crippen LogP contribution in [0.5, 0.6) is 0 Å². The zero-order valence-electron chi connectivity index (χ0n) is 20.6. The van der Waals surface area contributed by atoms with E-state index in [9.17, 15) is 18.4 Å². The van der Waals surface area contributed by atoms with E-state index in [0.717, 1.165) is 37.4 Å². The van der Waals surface area contributed by atoms with Gasteiger partial charge >= 0.3 is 6.03 Å². The highest BCUT2D eigenvalue weighted by molar-refractivity contribution is 6.83. The molecule has 0 saturated heterocycles. The Kier molecular flexibility index (Phi) is 5.66. The van der Waals surface area contributed by atoms with Gasteiger partial charge in [-0.1, -0.05) is 44.3 Å². The van der Waals surface area contributed by atoms with Gasteiger partial charge in [0, 0.05) is 23.1 Å². The minimum Gasteiger partial charge on any atom is -0.309 e. The largest absolute Gasteiger partial charge is 0.322 e.